The standard InChI is InChI=1S/C22H17Cl3N2O3/c23-17-3-1-2-16(10-17)13-29-19-7-4-15(5-8-19)12-26-27-22(28)14-30-21-9-6-18(24)11-20(21)25/h1-12H,13-14H2,(H,27,28)/b26-12+. The molecule has 3 rings (SSSR count). The highest BCUT2D eigenvalue weighted by Crippen LogP contribution is 2.27. The van der Waals surface area contributed by atoms with Crippen molar-refractivity contribution in [3.05, 3.63) is 92.9 Å². The summed E-state index contributed by atoms with van der Waals surface area (Å²) >= 11 is 17.8. The first-order valence-corrected chi connectivity index (χ1v) is 10.00. The van der Waals surface area contributed by atoms with Gasteiger partial charge in [-0.3, -0.25) is 4.79 Å². The first kappa shape index (κ1) is 22.0. The van der Waals surface area contributed by atoms with Gasteiger partial charge in [-0.25, -0.2) is 5.43 Å². The van der Waals surface area contributed by atoms with Crippen LogP contribution in [0.15, 0.2) is 71.8 Å². The molecule has 1 N–H and O–H groups in total. The van der Waals surface area contributed by atoms with E-state index in [1.165, 1.54) is 12.3 Å². The number of nitrogens with zero attached hydrogens (tertiary/aromatic N) is 1. The summed E-state index contributed by atoms with van der Waals surface area (Å²) in [6, 6.07) is 19.5. The molecule has 0 heterocycles. The summed E-state index contributed by atoms with van der Waals surface area (Å²) in [5.41, 5.74) is 4.17. The maximum absolute atomic E-state index is 11.8. The minimum absolute atomic E-state index is 0.227. The van der Waals surface area contributed by atoms with Gasteiger partial charge in [-0.2, -0.15) is 5.10 Å². The monoisotopic (exact) mass is 462 g/mol. The Morgan fingerprint density at radius 1 is 0.933 bits per heavy atom. The Balaban J connectivity index is 1.43. The number of carbonyl (C=O) groups is 1. The Bertz CT molecular complexity index is 1040. The van der Waals surface area contributed by atoms with Crippen LogP contribution in [0.25, 0.3) is 0 Å². The third-order valence-electron chi connectivity index (χ3n) is 3.83. The normalized spacial score (nSPS) is 10.8. The molecule has 0 aliphatic heterocycles. The number of rotatable bonds is 8. The Morgan fingerprint density at radius 2 is 1.70 bits per heavy atom. The molecule has 0 unspecified atom stereocenters. The van der Waals surface area contributed by atoms with Crippen molar-refractivity contribution in [2.75, 3.05) is 6.61 Å². The molecular formula is C22H17Cl3N2O3. The van der Waals surface area contributed by atoms with Gasteiger partial charge in [0.05, 0.1) is 11.2 Å². The van der Waals surface area contributed by atoms with Gasteiger partial charge in [-0.15, -0.1) is 0 Å². The lowest BCUT2D eigenvalue weighted by Crippen LogP contribution is -2.24. The maximum atomic E-state index is 11.8. The van der Waals surface area contributed by atoms with E-state index in [2.05, 4.69) is 10.5 Å². The predicted octanol–water partition coefficient (Wildman–Crippen LogP) is 5.75. The van der Waals surface area contributed by atoms with Crippen LogP contribution >= 0.6 is 34.8 Å². The molecule has 0 saturated carbocycles. The molecule has 0 spiro atoms. The number of hydrogen-bond donors (Lipinski definition) is 1. The topological polar surface area (TPSA) is 59.9 Å². The third kappa shape index (κ3) is 6.95. The summed E-state index contributed by atoms with van der Waals surface area (Å²) in [5.74, 6) is 0.664. The van der Waals surface area contributed by atoms with Gasteiger partial charge < -0.3 is 9.47 Å². The molecule has 0 fully saturated rings. The molecule has 0 saturated heterocycles. The summed E-state index contributed by atoms with van der Waals surface area (Å²) in [4.78, 5) is 11.8. The van der Waals surface area contributed by atoms with Crippen LogP contribution < -0.4 is 14.9 Å². The lowest BCUT2D eigenvalue weighted by molar-refractivity contribution is -0.123. The number of amides is 1. The second kappa shape index (κ2) is 10.9. The van der Waals surface area contributed by atoms with E-state index in [0.29, 0.717) is 33.2 Å². The first-order valence-electron chi connectivity index (χ1n) is 8.87. The Kier molecular flexibility index (Phi) is 7.97. The van der Waals surface area contributed by atoms with Crippen LogP contribution in [-0.4, -0.2) is 18.7 Å². The van der Waals surface area contributed by atoms with Gasteiger partial charge in [0.15, 0.2) is 6.61 Å². The van der Waals surface area contributed by atoms with Crippen LogP contribution in [0.3, 0.4) is 0 Å². The molecule has 1 amide bonds. The van der Waals surface area contributed by atoms with Gasteiger partial charge in [0.25, 0.3) is 5.91 Å². The van der Waals surface area contributed by atoms with Crippen LogP contribution in [0, 0.1) is 0 Å². The van der Waals surface area contributed by atoms with Gasteiger partial charge in [-0.05, 0) is 65.7 Å². The van der Waals surface area contributed by atoms with E-state index >= 15 is 0 Å². The first-order chi connectivity index (χ1) is 14.5. The van der Waals surface area contributed by atoms with Gasteiger partial charge >= 0.3 is 0 Å². The summed E-state index contributed by atoms with van der Waals surface area (Å²) in [6.45, 7) is 0.191. The minimum Gasteiger partial charge on any atom is -0.489 e. The molecule has 0 aliphatic rings. The molecule has 30 heavy (non-hydrogen) atoms. The number of carbonyl (C=O) groups excluding carboxylic acids is 1. The highest BCUT2D eigenvalue weighted by Gasteiger charge is 2.06. The van der Waals surface area contributed by atoms with E-state index in [1.807, 2.05) is 48.5 Å². The SMILES string of the molecule is O=C(COc1ccc(Cl)cc1Cl)N/N=C/c1ccc(OCc2cccc(Cl)c2)cc1. The van der Waals surface area contributed by atoms with Crippen molar-refractivity contribution < 1.29 is 14.3 Å². The highest BCUT2D eigenvalue weighted by atomic mass is 35.5. The molecule has 3 aromatic rings. The second-order valence-corrected chi connectivity index (χ2v) is 7.42. The minimum atomic E-state index is -0.418. The van der Waals surface area contributed by atoms with Gasteiger partial charge in [0.2, 0.25) is 0 Å². The van der Waals surface area contributed by atoms with Gasteiger partial charge in [0.1, 0.15) is 18.1 Å². The van der Waals surface area contributed by atoms with Crippen molar-refractivity contribution >= 4 is 46.9 Å². The number of benzene rings is 3. The van der Waals surface area contributed by atoms with Crippen LogP contribution in [0.1, 0.15) is 11.1 Å². The molecule has 154 valence electrons. The molecular weight excluding hydrogens is 447 g/mol. The summed E-state index contributed by atoms with van der Waals surface area (Å²) in [6.07, 6.45) is 1.52. The predicted molar refractivity (Wildman–Crippen MR) is 120 cm³/mol. The molecule has 0 aliphatic carbocycles. The average Bonchev–Trinajstić information content (AvgIpc) is 2.73. The van der Waals surface area contributed by atoms with Crippen molar-refractivity contribution in [3.63, 3.8) is 0 Å². The fraction of sp³-hybridized carbons (Fsp3) is 0.0909. The highest BCUT2D eigenvalue weighted by molar-refractivity contribution is 6.35. The van der Waals surface area contributed by atoms with Crippen molar-refractivity contribution in [2.45, 2.75) is 6.61 Å². The third-order valence-corrected chi connectivity index (χ3v) is 4.60. The molecule has 5 nitrogen and oxygen atoms in total. The van der Waals surface area contributed by atoms with Crippen LogP contribution in [0.2, 0.25) is 15.1 Å². The molecule has 0 atom stereocenters. The van der Waals surface area contributed by atoms with Crippen LogP contribution in [0.4, 0.5) is 0 Å². The number of halogens is 3. The lowest BCUT2D eigenvalue weighted by Gasteiger charge is -2.07. The largest absolute Gasteiger partial charge is 0.489 e. The average molecular weight is 464 g/mol. The van der Waals surface area contributed by atoms with E-state index in [0.717, 1.165) is 11.1 Å². The zero-order valence-electron chi connectivity index (χ0n) is 15.6. The number of nitrogens with one attached hydrogen (secondary N) is 1. The molecule has 0 radical (unpaired) electrons. The van der Waals surface area contributed by atoms with Crippen LogP contribution in [0.5, 0.6) is 11.5 Å². The maximum Gasteiger partial charge on any atom is 0.277 e. The Hall–Kier alpha value is -2.73. The van der Waals surface area contributed by atoms with E-state index in [-0.39, 0.29) is 6.61 Å². The van der Waals surface area contributed by atoms with Crippen molar-refractivity contribution in [2.24, 2.45) is 5.10 Å². The second-order valence-electron chi connectivity index (χ2n) is 6.14. The number of ether oxygens (including phenoxy) is 2. The molecule has 8 heteroatoms. The quantitative estimate of drug-likeness (QED) is 0.341. The van der Waals surface area contributed by atoms with Crippen molar-refractivity contribution in [1.29, 1.82) is 0 Å². The Labute approximate surface area is 189 Å². The zero-order chi connectivity index (χ0) is 21.3. The van der Waals surface area contributed by atoms with Crippen LogP contribution in [-0.2, 0) is 11.4 Å². The van der Waals surface area contributed by atoms with E-state index in [9.17, 15) is 4.79 Å². The fourth-order valence-corrected chi connectivity index (χ4v) is 3.07. The summed E-state index contributed by atoms with van der Waals surface area (Å²) in [5, 5.41) is 5.40. The van der Waals surface area contributed by atoms with Crippen molar-refractivity contribution in [3.8, 4) is 11.5 Å². The summed E-state index contributed by atoms with van der Waals surface area (Å²) in [7, 11) is 0. The van der Waals surface area contributed by atoms with Gasteiger partial charge in [-0.1, -0.05) is 46.9 Å². The van der Waals surface area contributed by atoms with E-state index < -0.39 is 5.91 Å². The molecule has 0 bridgehead atoms. The van der Waals surface area contributed by atoms with E-state index in [1.54, 1.807) is 12.1 Å². The fourth-order valence-electron chi connectivity index (χ4n) is 2.39. The lowest BCUT2D eigenvalue weighted by atomic mass is 10.2. The van der Waals surface area contributed by atoms with E-state index in [4.69, 9.17) is 44.3 Å². The van der Waals surface area contributed by atoms with Gasteiger partial charge in [0, 0.05) is 10.0 Å². The zero-order valence-corrected chi connectivity index (χ0v) is 17.9. The number of hydrazone groups is 1. The molecule has 3 aromatic carbocycles. The molecule has 0 aromatic heterocycles. The number of hydrogen-bond acceptors (Lipinski definition) is 4. The Morgan fingerprint density at radius 3 is 2.43 bits per heavy atom. The van der Waals surface area contributed by atoms with Crippen molar-refractivity contribution in [1.82, 2.24) is 5.43 Å². The smallest absolute Gasteiger partial charge is 0.277 e. The summed E-state index contributed by atoms with van der Waals surface area (Å²) < 4.78 is 11.1.